The summed E-state index contributed by atoms with van der Waals surface area (Å²) < 4.78 is 23.5. The Hall–Kier alpha value is -1.95. The van der Waals surface area contributed by atoms with Gasteiger partial charge in [-0.15, -0.1) is 4.98 Å². The van der Waals surface area contributed by atoms with Crippen molar-refractivity contribution in [3.05, 3.63) is 35.4 Å². The summed E-state index contributed by atoms with van der Waals surface area (Å²) in [6.45, 7) is 2.41. The third kappa shape index (κ3) is 4.03. The minimum atomic E-state index is -0.417. The molecule has 0 fully saturated rings. The van der Waals surface area contributed by atoms with Crippen LogP contribution >= 0.6 is 11.6 Å². The molecule has 0 N–H and O–H groups in total. The van der Waals surface area contributed by atoms with Gasteiger partial charge in [-0.05, 0) is 30.2 Å². The van der Waals surface area contributed by atoms with Crippen molar-refractivity contribution in [3.8, 4) is 17.8 Å². The van der Waals surface area contributed by atoms with Crippen LogP contribution in [0.3, 0.4) is 0 Å². The fourth-order valence-corrected chi connectivity index (χ4v) is 1.40. The minimum absolute atomic E-state index is 0.0447. The SMILES string of the molecule is CCCOc1nc(Cl)nc(Oc2cccc(F)c2)n1. The molecule has 1 heterocycles. The molecule has 7 heteroatoms. The number of ether oxygens (including phenoxy) is 2. The molecule has 0 saturated heterocycles. The van der Waals surface area contributed by atoms with E-state index in [0.29, 0.717) is 6.61 Å². The van der Waals surface area contributed by atoms with Gasteiger partial charge < -0.3 is 9.47 Å². The molecule has 5 nitrogen and oxygen atoms in total. The summed E-state index contributed by atoms with van der Waals surface area (Å²) >= 11 is 5.73. The van der Waals surface area contributed by atoms with Gasteiger partial charge in [0, 0.05) is 6.07 Å². The number of benzene rings is 1. The zero-order chi connectivity index (χ0) is 13.7. The first kappa shape index (κ1) is 13.5. The first-order valence-corrected chi connectivity index (χ1v) is 6.03. The van der Waals surface area contributed by atoms with Crippen molar-refractivity contribution in [1.29, 1.82) is 0 Å². The number of nitrogens with zero attached hydrogens (tertiary/aromatic N) is 3. The van der Waals surface area contributed by atoms with Gasteiger partial charge in [0.05, 0.1) is 6.61 Å². The summed E-state index contributed by atoms with van der Waals surface area (Å²) in [4.78, 5) is 11.5. The molecule has 0 aliphatic rings. The van der Waals surface area contributed by atoms with Crippen LogP contribution in [-0.4, -0.2) is 21.6 Å². The quantitative estimate of drug-likeness (QED) is 0.843. The zero-order valence-electron chi connectivity index (χ0n) is 10.1. The molecule has 0 amide bonds. The molecule has 2 aromatic rings. The molecular formula is C12H11ClFN3O2. The number of halogens is 2. The summed E-state index contributed by atoms with van der Waals surface area (Å²) in [5.74, 6) is -0.149. The molecule has 0 aliphatic heterocycles. The van der Waals surface area contributed by atoms with Gasteiger partial charge in [-0.1, -0.05) is 13.0 Å². The first-order chi connectivity index (χ1) is 9.17. The van der Waals surface area contributed by atoms with E-state index >= 15 is 0 Å². The van der Waals surface area contributed by atoms with Gasteiger partial charge in [-0.2, -0.15) is 9.97 Å². The van der Waals surface area contributed by atoms with Crippen molar-refractivity contribution < 1.29 is 13.9 Å². The lowest BCUT2D eigenvalue weighted by Gasteiger charge is -2.06. The Bertz CT molecular complexity index is 568. The highest BCUT2D eigenvalue weighted by atomic mass is 35.5. The Morgan fingerprint density at radius 1 is 1.21 bits per heavy atom. The highest BCUT2D eigenvalue weighted by Crippen LogP contribution is 2.21. The second kappa shape index (κ2) is 6.29. The maximum atomic E-state index is 13.0. The van der Waals surface area contributed by atoms with E-state index in [1.54, 1.807) is 6.07 Å². The summed E-state index contributed by atoms with van der Waals surface area (Å²) in [6.07, 6.45) is 0.809. The van der Waals surface area contributed by atoms with Crippen molar-refractivity contribution in [3.63, 3.8) is 0 Å². The lowest BCUT2D eigenvalue weighted by molar-refractivity contribution is 0.284. The molecule has 19 heavy (non-hydrogen) atoms. The van der Waals surface area contributed by atoms with Crippen molar-refractivity contribution in [2.24, 2.45) is 0 Å². The predicted molar refractivity (Wildman–Crippen MR) is 67.1 cm³/mol. The number of hydrogen-bond donors (Lipinski definition) is 0. The maximum absolute atomic E-state index is 13.0. The van der Waals surface area contributed by atoms with Crippen LogP contribution in [0.4, 0.5) is 4.39 Å². The second-order valence-electron chi connectivity index (χ2n) is 3.58. The van der Waals surface area contributed by atoms with Crippen LogP contribution in [0.2, 0.25) is 5.28 Å². The van der Waals surface area contributed by atoms with Crippen LogP contribution in [0, 0.1) is 5.82 Å². The molecule has 0 saturated carbocycles. The number of hydrogen-bond acceptors (Lipinski definition) is 5. The predicted octanol–water partition coefficient (Wildman–Crippen LogP) is 3.25. The lowest BCUT2D eigenvalue weighted by Crippen LogP contribution is -2.03. The average Bonchev–Trinajstić information content (AvgIpc) is 2.35. The zero-order valence-corrected chi connectivity index (χ0v) is 10.9. The highest BCUT2D eigenvalue weighted by Gasteiger charge is 2.08. The first-order valence-electron chi connectivity index (χ1n) is 5.65. The van der Waals surface area contributed by atoms with Gasteiger partial charge in [0.15, 0.2) is 0 Å². The fourth-order valence-electron chi connectivity index (χ4n) is 1.25. The van der Waals surface area contributed by atoms with Crippen LogP contribution < -0.4 is 9.47 Å². The van der Waals surface area contributed by atoms with Gasteiger partial charge in [-0.25, -0.2) is 4.39 Å². The summed E-state index contributed by atoms with van der Waals surface area (Å²) in [6, 6.07) is 5.65. The maximum Gasteiger partial charge on any atom is 0.329 e. The number of aromatic nitrogens is 3. The molecule has 0 unspecified atom stereocenters. The minimum Gasteiger partial charge on any atom is -0.463 e. The molecule has 0 aliphatic carbocycles. The molecule has 100 valence electrons. The van der Waals surface area contributed by atoms with E-state index < -0.39 is 5.82 Å². The van der Waals surface area contributed by atoms with Crippen LogP contribution in [0.15, 0.2) is 24.3 Å². The van der Waals surface area contributed by atoms with Crippen LogP contribution in [-0.2, 0) is 0 Å². The Morgan fingerprint density at radius 3 is 2.74 bits per heavy atom. The lowest BCUT2D eigenvalue weighted by atomic mass is 10.3. The third-order valence-corrected chi connectivity index (χ3v) is 2.18. The second-order valence-corrected chi connectivity index (χ2v) is 3.92. The molecule has 0 atom stereocenters. The summed E-state index contributed by atoms with van der Waals surface area (Å²) in [7, 11) is 0. The van der Waals surface area contributed by atoms with E-state index in [1.165, 1.54) is 18.2 Å². The van der Waals surface area contributed by atoms with E-state index in [2.05, 4.69) is 15.0 Å². The Morgan fingerprint density at radius 2 is 2.00 bits per heavy atom. The molecular weight excluding hydrogens is 273 g/mol. The normalized spacial score (nSPS) is 10.3. The standard InChI is InChI=1S/C12H11ClFN3O2/c1-2-6-18-11-15-10(13)16-12(17-11)19-9-5-3-4-8(14)7-9/h3-5,7H,2,6H2,1H3. The fraction of sp³-hybridized carbons (Fsp3) is 0.250. The topological polar surface area (TPSA) is 57.1 Å². The van der Waals surface area contributed by atoms with Gasteiger partial charge in [0.1, 0.15) is 11.6 Å². The molecule has 0 spiro atoms. The Balaban J connectivity index is 2.17. The summed E-state index contributed by atoms with van der Waals surface area (Å²) in [5.41, 5.74) is 0. The van der Waals surface area contributed by atoms with Gasteiger partial charge in [-0.3, -0.25) is 0 Å². The molecule has 1 aromatic carbocycles. The van der Waals surface area contributed by atoms with Crippen LogP contribution in [0.25, 0.3) is 0 Å². The highest BCUT2D eigenvalue weighted by molar-refractivity contribution is 6.28. The van der Waals surface area contributed by atoms with Crippen molar-refractivity contribution in [2.45, 2.75) is 13.3 Å². The third-order valence-electron chi connectivity index (χ3n) is 2.01. The van der Waals surface area contributed by atoms with E-state index in [4.69, 9.17) is 21.1 Å². The molecule has 1 aromatic heterocycles. The van der Waals surface area contributed by atoms with Gasteiger partial charge in [0.2, 0.25) is 5.28 Å². The van der Waals surface area contributed by atoms with Crippen molar-refractivity contribution in [1.82, 2.24) is 15.0 Å². The Kier molecular flexibility index (Phi) is 4.46. The Labute approximate surface area is 114 Å². The average molecular weight is 284 g/mol. The molecule has 2 rings (SSSR count). The van der Waals surface area contributed by atoms with Crippen LogP contribution in [0.5, 0.6) is 17.8 Å². The smallest absolute Gasteiger partial charge is 0.329 e. The van der Waals surface area contributed by atoms with E-state index in [1.807, 2.05) is 6.92 Å². The molecule has 0 radical (unpaired) electrons. The van der Waals surface area contributed by atoms with Crippen molar-refractivity contribution >= 4 is 11.6 Å². The van der Waals surface area contributed by atoms with Crippen molar-refractivity contribution in [2.75, 3.05) is 6.61 Å². The molecule has 0 bridgehead atoms. The summed E-state index contributed by atoms with van der Waals surface area (Å²) in [5, 5.41) is -0.0486. The van der Waals surface area contributed by atoms with E-state index in [0.717, 1.165) is 6.42 Å². The van der Waals surface area contributed by atoms with E-state index in [9.17, 15) is 4.39 Å². The van der Waals surface area contributed by atoms with Gasteiger partial charge in [0.25, 0.3) is 0 Å². The largest absolute Gasteiger partial charge is 0.463 e. The van der Waals surface area contributed by atoms with Gasteiger partial charge >= 0.3 is 12.0 Å². The van der Waals surface area contributed by atoms with Crippen LogP contribution in [0.1, 0.15) is 13.3 Å². The number of rotatable bonds is 5. The van der Waals surface area contributed by atoms with E-state index in [-0.39, 0.29) is 23.1 Å². The monoisotopic (exact) mass is 283 g/mol.